The lowest BCUT2D eigenvalue weighted by atomic mass is 10.1. The van der Waals surface area contributed by atoms with Crippen LogP contribution in [0.3, 0.4) is 0 Å². The van der Waals surface area contributed by atoms with Crippen molar-refractivity contribution in [2.24, 2.45) is 0 Å². The van der Waals surface area contributed by atoms with Crippen LogP contribution < -0.4 is 4.90 Å². The number of anilines is 1. The van der Waals surface area contributed by atoms with E-state index in [9.17, 15) is 30.7 Å². The van der Waals surface area contributed by atoms with Gasteiger partial charge in [0.1, 0.15) is 16.8 Å². The lowest BCUT2D eigenvalue weighted by Gasteiger charge is -2.36. The largest absolute Gasteiger partial charge is 0.422 e. The summed E-state index contributed by atoms with van der Waals surface area (Å²) >= 11 is 0. The standard InChI is InChI=1S/C18H14F7N5/c19-13-12(18(23,24)25)14(20)16(22)17(15(13)21)29-7-5-28(6-8-29)9-30-11-4-2-1-3-10(11)26-27-30/h1-4H,5-9H2. The third-order valence-electron chi connectivity index (χ3n) is 4.97. The smallest absolute Gasteiger partial charge is 0.364 e. The highest BCUT2D eigenvalue weighted by molar-refractivity contribution is 5.73. The molecule has 0 N–H and O–H groups in total. The van der Waals surface area contributed by atoms with E-state index >= 15 is 0 Å². The molecule has 1 aromatic heterocycles. The van der Waals surface area contributed by atoms with Gasteiger partial charge < -0.3 is 4.90 Å². The average Bonchev–Trinajstić information content (AvgIpc) is 3.10. The van der Waals surface area contributed by atoms with E-state index in [1.807, 2.05) is 23.1 Å². The summed E-state index contributed by atoms with van der Waals surface area (Å²) < 4.78 is 96.1. The Bertz CT molecular complexity index is 1060. The van der Waals surface area contributed by atoms with Crippen molar-refractivity contribution < 1.29 is 30.7 Å². The number of para-hydroxylation sites is 1. The summed E-state index contributed by atoms with van der Waals surface area (Å²) in [6.45, 7) is 0.680. The van der Waals surface area contributed by atoms with Gasteiger partial charge in [0.15, 0.2) is 23.3 Å². The van der Waals surface area contributed by atoms with E-state index in [1.165, 1.54) is 0 Å². The Morgan fingerprint density at radius 3 is 2.03 bits per heavy atom. The number of alkyl halides is 3. The molecule has 0 bridgehead atoms. The van der Waals surface area contributed by atoms with E-state index in [4.69, 9.17) is 0 Å². The normalized spacial score (nSPS) is 15.9. The molecule has 0 aliphatic carbocycles. The molecular weight excluding hydrogens is 419 g/mol. The molecule has 1 fully saturated rings. The number of benzene rings is 2. The van der Waals surface area contributed by atoms with Crippen LogP contribution in [-0.4, -0.2) is 46.1 Å². The van der Waals surface area contributed by atoms with Crippen LogP contribution in [0, 0.1) is 23.3 Å². The van der Waals surface area contributed by atoms with Crippen molar-refractivity contribution in [2.75, 3.05) is 31.1 Å². The second-order valence-corrected chi connectivity index (χ2v) is 6.80. The predicted molar refractivity (Wildman–Crippen MR) is 92.6 cm³/mol. The van der Waals surface area contributed by atoms with Gasteiger partial charge in [-0.1, -0.05) is 17.3 Å². The quantitative estimate of drug-likeness (QED) is 0.466. The van der Waals surface area contributed by atoms with Crippen LogP contribution in [0.5, 0.6) is 0 Å². The molecule has 1 saturated heterocycles. The maximum atomic E-state index is 14.2. The first-order valence-electron chi connectivity index (χ1n) is 8.87. The van der Waals surface area contributed by atoms with Gasteiger partial charge in [0, 0.05) is 26.2 Å². The summed E-state index contributed by atoms with van der Waals surface area (Å²) in [4.78, 5) is 2.86. The first-order valence-corrected chi connectivity index (χ1v) is 8.87. The Balaban J connectivity index is 1.53. The van der Waals surface area contributed by atoms with E-state index in [2.05, 4.69) is 10.3 Å². The highest BCUT2D eigenvalue weighted by Gasteiger charge is 2.43. The van der Waals surface area contributed by atoms with Gasteiger partial charge in [-0.15, -0.1) is 5.10 Å². The van der Waals surface area contributed by atoms with Gasteiger partial charge in [-0.25, -0.2) is 22.2 Å². The molecule has 0 unspecified atom stereocenters. The third-order valence-corrected chi connectivity index (χ3v) is 4.97. The summed E-state index contributed by atoms with van der Waals surface area (Å²) in [5.41, 5.74) is -2.23. The lowest BCUT2D eigenvalue weighted by molar-refractivity contribution is -0.143. The van der Waals surface area contributed by atoms with Gasteiger partial charge >= 0.3 is 6.18 Å². The maximum Gasteiger partial charge on any atom is 0.422 e. The van der Waals surface area contributed by atoms with Crippen LogP contribution in [0.25, 0.3) is 11.0 Å². The van der Waals surface area contributed by atoms with E-state index in [0.717, 1.165) is 10.4 Å². The fraction of sp³-hybridized carbons (Fsp3) is 0.333. The Labute approximate surface area is 165 Å². The number of nitrogens with zero attached hydrogens (tertiary/aromatic N) is 5. The SMILES string of the molecule is Fc1c(F)c(C(F)(F)F)c(F)c(F)c1N1CCN(Cn2nnc3ccccc32)CC1. The van der Waals surface area contributed by atoms with Gasteiger partial charge in [0.25, 0.3) is 0 Å². The molecule has 5 nitrogen and oxygen atoms in total. The molecule has 4 rings (SSSR count). The maximum absolute atomic E-state index is 14.2. The molecule has 1 aliphatic rings. The van der Waals surface area contributed by atoms with Gasteiger partial charge in [-0.05, 0) is 12.1 Å². The number of hydrogen-bond donors (Lipinski definition) is 0. The second kappa shape index (κ2) is 7.42. The monoisotopic (exact) mass is 433 g/mol. The number of fused-ring (bicyclic) bond motifs is 1. The lowest BCUT2D eigenvalue weighted by Crippen LogP contribution is -2.47. The molecular formula is C18H14F7N5. The van der Waals surface area contributed by atoms with Crippen molar-refractivity contribution in [2.45, 2.75) is 12.8 Å². The van der Waals surface area contributed by atoms with Crippen molar-refractivity contribution in [1.82, 2.24) is 19.9 Å². The molecule has 160 valence electrons. The van der Waals surface area contributed by atoms with Crippen LogP contribution in [0.1, 0.15) is 5.56 Å². The van der Waals surface area contributed by atoms with Crippen molar-refractivity contribution in [3.8, 4) is 0 Å². The summed E-state index contributed by atoms with van der Waals surface area (Å²) in [7, 11) is 0. The number of aromatic nitrogens is 3. The zero-order valence-electron chi connectivity index (χ0n) is 15.2. The van der Waals surface area contributed by atoms with Crippen LogP contribution in [0.2, 0.25) is 0 Å². The van der Waals surface area contributed by atoms with Crippen LogP contribution in [0.15, 0.2) is 24.3 Å². The minimum absolute atomic E-state index is 0.0509. The van der Waals surface area contributed by atoms with E-state index < -0.39 is 40.7 Å². The highest BCUT2D eigenvalue weighted by atomic mass is 19.4. The van der Waals surface area contributed by atoms with Crippen molar-refractivity contribution in [3.05, 3.63) is 53.1 Å². The van der Waals surface area contributed by atoms with Gasteiger partial charge in [-0.2, -0.15) is 13.2 Å². The Morgan fingerprint density at radius 2 is 1.43 bits per heavy atom. The molecule has 0 radical (unpaired) electrons. The second-order valence-electron chi connectivity index (χ2n) is 6.80. The number of rotatable bonds is 3. The molecule has 3 aromatic rings. The third kappa shape index (κ3) is 3.44. The summed E-state index contributed by atoms with van der Waals surface area (Å²) in [5.74, 6) is -9.02. The predicted octanol–water partition coefficient (Wildman–Crippen LogP) is 3.79. The molecule has 2 aromatic carbocycles. The van der Waals surface area contributed by atoms with Crippen LogP contribution in [0.4, 0.5) is 36.4 Å². The zero-order valence-corrected chi connectivity index (χ0v) is 15.2. The number of hydrogen-bond acceptors (Lipinski definition) is 4. The molecule has 1 aliphatic heterocycles. The molecule has 30 heavy (non-hydrogen) atoms. The topological polar surface area (TPSA) is 37.2 Å². The molecule has 0 saturated carbocycles. The Kier molecular flexibility index (Phi) is 5.04. The number of piperazine rings is 1. The Morgan fingerprint density at radius 1 is 0.833 bits per heavy atom. The first-order chi connectivity index (χ1) is 14.2. The molecule has 2 heterocycles. The molecule has 0 spiro atoms. The van der Waals surface area contributed by atoms with Gasteiger partial charge in [0.05, 0.1) is 12.2 Å². The van der Waals surface area contributed by atoms with Gasteiger partial charge in [0.2, 0.25) is 0 Å². The van der Waals surface area contributed by atoms with Crippen molar-refractivity contribution >= 4 is 16.7 Å². The molecule has 12 heteroatoms. The summed E-state index contributed by atoms with van der Waals surface area (Å²) in [6, 6.07) is 7.24. The fourth-order valence-corrected chi connectivity index (χ4v) is 3.47. The highest BCUT2D eigenvalue weighted by Crippen LogP contribution is 2.39. The summed E-state index contributed by atoms with van der Waals surface area (Å²) in [6.07, 6.45) is -5.56. The number of halogens is 7. The van der Waals surface area contributed by atoms with Crippen LogP contribution in [-0.2, 0) is 12.8 Å². The zero-order chi connectivity index (χ0) is 21.6. The fourth-order valence-electron chi connectivity index (χ4n) is 3.47. The molecule has 0 atom stereocenters. The Hall–Kier alpha value is -2.89. The van der Waals surface area contributed by atoms with Crippen molar-refractivity contribution in [1.29, 1.82) is 0 Å². The minimum atomic E-state index is -5.56. The summed E-state index contributed by atoms with van der Waals surface area (Å²) in [5, 5.41) is 8.06. The molecule has 0 amide bonds. The first kappa shape index (κ1) is 20.4. The van der Waals surface area contributed by atoms with E-state index in [-0.39, 0.29) is 26.2 Å². The van der Waals surface area contributed by atoms with E-state index in [0.29, 0.717) is 12.2 Å². The minimum Gasteiger partial charge on any atom is -0.364 e. The van der Waals surface area contributed by atoms with E-state index in [1.54, 1.807) is 10.7 Å². The van der Waals surface area contributed by atoms with Crippen LogP contribution >= 0.6 is 0 Å². The van der Waals surface area contributed by atoms with Gasteiger partial charge in [-0.3, -0.25) is 4.90 Å². The van der Waals surface area contributed by atoms with Crippen molar-refractivity contribution in [3.63, 3.8) is 0 Å². The average molecular weight is 433 g/mol.